The van der Waals surface area contributed by atoms with Crippen LogP contribution in [0, 0.1) is 0 Å². The van der Waals surface area contributed by atoms with Crippen LogP contribution in [-0.2, 0) is 9.59 Å². The topological polar surface area (TPSA) is 86.6 Å². The summed E-state index contributed by atoms with van der Waals surface area (Å²) in [6.07, 6.45) is 12.6. The van der Waals surface area contributed by atoms with Gasteiger partial charge in [0.1, 0.15) is 0 Å². The molecule has 0 spiro atoms. The highest BCUT2D eigenvalue weighted by molar-refractivity contribution is 5.83. The molecule has 0 aromatic rings. The lowest BCUT2D eigenvalue weighted by atomic mass is 10.1. The molecule has 5 nitrogen and oxygen atoms in total. The first-order chi connectivity index (χ1) is 11.0. The van der Waals surface area contributed by atoms with Crippen LogP contribution in [0.3, 0.4) is 0 Å². The molecule has 3 N–H and O–H groups in total. The van der Waals surface area contributed by atoms with Crippen molar-refractivity contribution in [2.24, 2.45) is 0 Å². The second-order valence-electron chi connectivity index (χ2n) is 6.41. The minimum Gasteiger partial charge on any atom is -0.480 e. The summed E-state index contributed by atoms with van der Waals surface area (Å²) in [5.41, 5.74) is 0. The summed E-state index contributed by atoms with van der Waals surface area (Å²) in [5.74, 6) is -1.50. The van der Waals surface area contributed by atoms with E-state index in [4.69, 9.17) is 5.11 Å². The molecule has 0 rings (SSSR count). The molecule has 0 radical (unpaired) electrons. The number of rotatable bonds is 15. The minimum absolute atomic E-state index is 0.297. The smallest absolute Gasteiger partial charge is 0.328 e. The van der Waals surface area contributed by atoms with E-state index in [2.05, 4.69) is 12.2 Å². The molecule has 0 heterocycles. The number of amides is 1. The van der Waals surface area contributed by atoms with Gasteiger partial charge in [-0.2, -0.15) is 0 Å². The lowest BCUT2D eigenvalue weighted by Crippen LogP contribution is -2.47. The number of hydrogen-bond donors (Lipinski definition) is 3. The molecule has 0 aliphatic rings. The third-order valence-electron chi connectivity index (χ3n) is 4.07. The average Bonchev–Trinajstić information content (AvgIpc) is 2.49. The van der Waals surface area contributed by atoms with Crippen molar-refractivity contribution < 1.29 is 19.8 Å². The van der Waals surface area contributed by atoms with Gasteiger partial charge in [-0.15, -0.1) is 0 Å². The fraction of sp³-hybridized carbons (Fsp3) is 0.889. The number of aliphatic hydroxyl groups excluding tert-OH is 1. The molecule has 0 aliphatic heterocycles. The molecular formula is C18H35NO4. The molecule has 1 amide bonds. The Balaban J connectivity index is 3.47. The molecule has 0 fully saturated rings. The van der Waals surface area contributed by atoms with Crippen LogP contribution in [0.1, 0.15) is 90.9 Å². The Labute approximate surface area is 140 Å². The van der Waals surface area contributed by atoms with Crippen molar-refractivity contribution in [3.8, 4) is 0 Å². The summed E-state index contributed by atoms with van der Waals surface area (Å²) in [7, 11) is 0. The lowest BCUT2D eigenvalue weighted by Gasteiger charge is -2.16. The number of unbranched alkanes of at least 4 members (excludes halogenated alkanes) is 10. The van der Waals surface area contributed by atoms with Crippen molar-refractivity contribution in [1.29, 1.82) is 0 Å². The van der Waals surface area contributed by atoms with Crippen LogP contribution < -0.4 is 5.32 Å². The number of nitrogens with one attached hydrogen (secondary N) is 1. The fourth-order valence-electron chi connectivity index (χ4n) is 2.58. The maximum atomic E-state index is 11.6. The van der Waals surface area contributed by atoms with E-state index >= 15 is 0 Å². The maximum absolute atomic E-state index is 11.6. The number of carboxylic acid groups (broad SMARTS) is 1. The number of aliphatic hydroxyl groups is 1. The molecule has 136 valence electrons. The largest absolute Gasteiger partial charge is 0.480 e. The van der Waals surface area contributed by atoms with Gasteiger partial charge in [-0.05, 0) is 13.3 Å². The molecule has 23 heavy (non-hydrogen) atoms. The van der Waals surface area contributed by atoms with Gasteiger partial charge in [-0.25, -0.2) is 4.79 Å². The van der Waals surface area contributed by atoms with Crippen molar-refractivity contribution in [3.05, 3.63) is 0 Å². The maximum Gasteiger partial charge on any atom is 0.328 e. The number of hydrogen-bond acceptors (Lipinski definition) is 3. The molecule has 2 atom stereocenters. The summed E-state index contributed by atoms with van der Waals surface area (Å²) in [5, 5.41) is 20.5. The zero-order chi connectivity index (χ0) is 17.5. The first-order valence-electron chi connectivity index (χ1n) is 9.19. The van der Waals surface area contributed by atoms with Gasteiger partial charge in [-0.3, -0.25) is 4.79 Å². The summed E-state index contributed by atoms with van der Waals surface area (Å²) in [6, 6.07) is -1.21. The monoisotopic (exact) mass is 329 g/mol. The summed E-state index contributed by atoms with van der Waals surface area (Å²) in [4.78, 5) is 22.5. The fourth-order valence-corrected chi connectivity index (χ4v) is 2.58. The van der Waals surface area contributed by atoms with Crippen molar-refractivity contribution in [2.75, 3.05) is 0 Å². The molecule has 0 saturated heterocycles. The van der Waals surface area contributed by atoms with Gasteiger partial charge < -0.3 is 15.5 Å². The zero-order valence-electron chi connectivity index (χ0n) is 14.9. The minimum atomic E-state index is -1.21. The van der Waals surface area contributed by atoms with Crippen LogP contribution in [0.25, 0.3) is 0 Å². The summed E-state index contributed by atoms with van der Waals surface area (Å²) in [6.45, 7) is 3.59. The van der Waals surface area contributed by atoms with Gasteiger partial charge in [0, 0.05) is 6.42 Å². The predicted molar refractivity (Wildman–Crippen MR) is 92.3 cm³/mol. The summed E-state index contributed by atoms with van der Waals surface area (Å²) >= 11 is 0. The van der Waals surface area contributed by atoms with E-state index in [1.807, 2.05) is 0 Å². The number of carbonyl (C=O) groups excluding carboxylic acids is 1. The Hall–Kier alpha value is -1.10. The Bertz CT molecular complexity index is 318. The standard InChI is InChI=1S/C18H35NO4/c1-3-4-5-6-7-8-9-10-11-12-13-14-16(21)19-17(15(2)20)18(22)23/h15,17,20H,3-14H2,1-2H3,(H,19,21)(H,22,23)/t15?,17-/m1/s1. The number of aliphatic carboxylic acids is 1. The third kappa shape index (κ3) is 13.1. The number of carbonyl (C=O) groups is 2. The summed E-state index contributed by atoms with van der Waals surface area (Å²) < 4.78 is 0. The van der Waals surface area contributed by atoms with Crippen molar-refractivity contribution >= 4 is 11.9 Å². The van der Waals surface area contributed by atoms with Crippen molar-refractivity contribution in [1.82, 2.24) is 5.32 Å². The Morgan fingerprint density at radius 3 is 1.70 bits per heavy atom. The highest BCUT2D eigenvalue weighted by atomic mass is 16.4. The SMILES string of the molecule is CCCCCCCCCCCCCC(=O)N[C@@H](C(=O)O)C(C)O. The predicted octanol–water partition coefficient (Wildman–Crippen LogP) is 3.64. The molecule has 0 aromatic heterocycles. The van der Waals surface area contributed by atoms with E-state index < -0.39 is 18.1 Å². The Kier molecular flexibility index (Phi) is 13.8. The Morgan fingerprint density at radius 1 is 0.870 bits per heavy atom. The second-order valence-corrected chi connectivity index (χ2v) is 6.41. The van der Waals surface area contributed by atoms with Gasteiger partial charge in [0.25, 0.3) is 0 Å². The van der Waals surface area contributed by atoms with Gasteiger partial charge in [-0.1, -0.05) is 71.1 Å². The third-order valence-corrected chi connectivity index (χ3v) is 4.07. The average molecular weight is 329 g/mol. The molecular weight excluding hydrogens is 294 g/mol. The molecule has 0 saturated carbocycles. The molecule has 5 heteroatoms. The van der Waals surface area contributed by atoms with Crippen LogP contribution in [0.15, 0.2) is 0 Å². The van der Waals surface area contributed by atoms with Gasteiger partial charge in [0.2, 0.25) is 5.91 Å². The molecule has 0 aliphatic carbocycles. The van der Waals surface area contributed by atoms with E-state index in [-0.39, 0.29) is 5.91 Å². The Morgan fingerprint density at radius 2 is 1.30 bits per heavy atom. The van der Waals surface area contributed by atoms with Crippen LogP contribution >= 0.6 is 0 Å². The molecule has 1 unspecified atom stereocenters. The number of carboxylic acids is 1. The van der Waals surface area contributed by atoms with E-state index in [0.717, 1.165) is 19.3 Å². The quantitative estimate of drug-likeness (QED) is 0.400. The normalized spacial score (nSPS) is 13.5. The van der Waals surface area contributed by atoms with Crippen molar-refractivity contribution in [3.63, 3.8) is 0 Å². The van der Waals surface area contributed by atoms with E-state index in [0.29, 0.717) is 6.42 Å². The second kappa shape index (κ2) is 14.5. The van der Waals surface area contributed by atoms with Crippen molar-refractivity contribution in [2.45, 2.75) is 103 Å². The van der Waals surface area contributed by atoms with Gasteiger partial charge >= 0.3 is 5.97 Å². The van der Waals surface area contributed by atoms with Crippen LogP contribution in [-0.4, -0.2) is 34.2 Å². The van der Waals surface area contributed by atoms with Gasteiger partial charge in [0.05, 0.1) is 6.10 Å². The van der Waals surface area contributed by atoms with E-state index in [1.165, 1.54) is 58.3 Å². The van der Waals surface area contributed by atoms with Crippen LogP contribution in [0.2, 0.25) is 0 Å². The van der Waals surface area contributed by atoms with E-state index in [1.54, 1.807) is 0 Å². The first kappa shape index (κ1) is 21.9. The highest BCUT2D eigenvalue weighted by Crippen LogP contribution is 2.12. The molecule has 0 aromatic carbocycles. The molecule has 0 bridgehead atoms. The first-order valence-corrected chi connectivity index (χ1v) is 9.19. The van der Waals surface area contributed by atoms with Crippen LogP contribution in [0.5, 0.6) is 0 Å². The zero-order valence-corrected chi connectivity index (χ0v) is 14.9. The van der Waals surface area contributed by atoms with Crippen LogP contribution in [0.4, 0.5) is 0 Å². The lowest BCUT2D eigenvalue weighted by molar-refractivity contribution is -0.144. The van der Waals surface area contributed by atoms with Gasteiger partial charge in [0.15, 0.2) is 6.04 Å². The van der Waals surface area contributed by atoms with E-state index in [9.17, 15) is 14.7 Å². The highest BCUT2D eigenvalue weighted by Gasteiger charge is 2.24.